The molecule has 0 spiro atoms. The number of nitrogens with zero attached hydrogens (tertiary/aromatic N) is 1. The van der Waals surface area contributed by atoms with Gasteiger partial charge in [0.15, 0.2) is 0 Å². The molecule has 7 nitrogen and oxygen atoms in total. The third kappa shape index (κ3) is 8.40. The monoisotopic (exact) mass is 658 g/mol. The maximum absolute atomic E-state index is 14.0. The van der Waals surface area contributed by atoms with Crippen molar-refractivity contribution in [2.45, 2.75) is 89.8 Å². The maximum Gasteiger partial charge on any atom is 0.326 e. The molecule has 1 heterocycles. The van der Waals surface area contributed by atoms with Gasteiger partial charge in [-0.2, -0.15) is 0 Å². The Labute approximate surface area is 289 Å². The summed E-state index contributed by atoms with van der Waals surface area (Å²) in [5.74, 6) is 0.0579. The molecule has 254 valence electrons. The Kier molecular flexibility index (Phi) is 10.2. The molecule has 7 heteroatoms. The predicted octanol–water partition coefficient (Wildman–Crippen LogP) is 8.09. The average molecular weight is 659 g/mol. The van der Waals surface area contributed by atoms with Gasteiger partial charge >= 0.3 is 5.97 Å². The standard InChI is InChI=1S/C42H46N2O5/c1-42(2,3)34-18-21-35(22-19-34)49-36-20-17-32-27-44(39(45)24-28-9-7-8-10-28)38(26-33(32)25-36)40(46)43-37(41(47)48)23-29-13-15-31(16-14-29)30-11-5-4-6-12-30/h4-6,11-22,25,28,37-38H,7-10,23-24,26-27H2,1-3H3,(H,43,46)(H,47,48)/t37-,38-/m0/s1. The first-order chi connectivity index (χ1) is 23.5. The Bertz CT molecular complexity index is 1770. The number of carboxylic acid groups (broad SMARTS) is 1. The second kappa shape index (κ2) is 14.7. The van der Waals surface area contributed by atoms with Crippen LogP contribution in [0, 0.1) is 5.92 Å². The van der Waals surface area contributed by atoms with Crippen molar-refractivity contribution in [3.8, 4) is 22.6 Å². The zero-order valence-corrected chi connectivity index (χ0v) is 28.7. The highest BCUT2D eigenvalue weighted by Crippen LogP contribution is 2.33. The maximum atomic E-state index is 14.0. The summed E-state index contributed by atoms with van der Waals surface area (Å²) in [5, 5.41) is 13.0. The number of ether oxygens (including phenoxy) is 1. The number of aliphatic carboxylic acids is 1. The molecule has 6 rings (SSSR count). The molecule has 1 fully saturated rings. The molecule has 1 aliphatic carbocycles. The zero-order chi connectivity index (χ0) is 34.5. The van der Waals surface area contributed by atoms with E-state index < -0.39 is 24.0 Å². The Morgan fingerprint density at radius 3 is 2.14 bits per heavy atom. The molecule has 4 aromatic rings. The molecular formula is C42H46N2O5. The lowest BCUT2D eigenvalue weighted by molar-refractivity contribution is -0.145. The van der Waals surface area contributed by atoms with E-state index in [1.54, 1.807) is 4.90 Å². The zero-order valence-electron chi connectivity index (χ0n) is 28.7. The number of hydrogen-bond acceptors (Lipinski definition) is 4. The predicted molar refractivity (Wildman–Crippen MR) is 191 cm³/mol. The first-order valence-corrected chi connectivity index (χ1v) is 17.4. The summed E-state index contributed by atoms with van der Waals surface area (Å²) >= 11 is 0. The first kappa shape index (κ1) is 34.0. The van der Waals surface area contributed by atoms with E-state index in [0.29, 0.717) is 23.8 Å². The smallest absolute Gasteiger partial charge is 0.326 e. The molecular weight excluding hydrogens is 612 g/mol. The highest BCUT2D eigenvalue weighted by molar-refractivity contribution is 5.91. The largest absolute Gasteiger partial charge is 0.480 e. The van der Waals surface area contributed by atoms with Crippen LogP contribution < -0.4 is 10.1 Å². The van der Waals surface area contributed by atoms with Crippen LogP contribution in [0.4, 0.5) is 0 Å². The van der Waals surface area contributed by atoms with Crippen LogP contribution in [0.5, 0.6) is 11.5 Å². The van der Waals surface area contributed by atoms with Gasteiger partial charge < -0.3 is 20.1 Å². The van der Waals surface area contributed by atoms with Crippen molar-refractivity contribution in [1.82, 2.24) is 10.2 Å². The summed E-state index contributed by atoms with van der Waals surface area (Å²) in [7, 11) is 0. The van der Waals surface area contributed by atoms with Gasteiger partial charge in [0.25, 0.3) is 0 Å². The molecule has 0 unspecified atom stereocenters. The van der Waals surface area contributed by atoms with Crippen molar-refractivity contribution >= 4 is 17.8 Å². The van der Waals surface area contributed by atoms with Crippen molar-refractivity contribution in [1.29, 1.82) is 0 Å². The van der Waals surface area contributed by atoms with E-state index >= 15 is 0 Å². The molecule has 0 radical (unpaired) electrons. The van der Waals surface area contributed by atoms with E-state index in [4.69, 9.17) is 4.74 Å². The van der Waals surface area contributed by atoms with Gasteiger partial charge in [-0.05, 0) is 81.8 Å². The molecule has 0 bridgehead atoms. The summed E-state index contributed by atoms with van der Waals surface area (Å²) in [5.41, 5.74) is 6.03. The van der Waals surface area contributed by atoms with Crippen LogP contribution in [-0.4, -0.2) is 39.9 Å². The molecule has 49 heavy (non-hydrogen) atoms. The number of fused-ring (bicyclic) bond motifs is 1. The van der Waals surface area contributed by atoms with Crippen LogP contribution >= 0.6 is 0 Å². The van der Waals surface area contributed by atoms with Crippen LogP contribution in [0.3, 0.4) is 0 Å². The Balaban J connectivity index is 1.20. The van der Waals surface area contributed by atoms with Crippen molar-refractivity contribution in [2.75, 3.05) is 0 Å². The lowest BCUT2D eigenvalue weighted by Crippen LogP contribution is -2.56. The van der Waals surface area contributed by atoms with Crippen molar-refractivity contribution in [3.05, 3.63) is 119 Å². The Hall–Kier alpha value is -4.91. The summed E-state index contributed by atoms with van der Waals surface area (Å²) in [4.78, 5) is 41.8. The molecule has 1 aliphatic heterocycles. The minimum atomic E-state index is -1.14. The Morgan fingerprint density at radius 1 is 0.837 bits per heavy atom. The van der Waals surface area contributed by atoms with Gasteiger partial charge in [-0.15, -0.1) is 0 Å². The topological polar surface area (TPSA) is 95.9 Å². The van der Waals surface area contributed by atoms with Gasteiger partial charge in [0.1, 0.15) is 23.6 Å². The second-order valence-electron chi connectivity index (χ2n) is 14.6. The van der Waals surface area contributed by atoms with E-state index in [-0.39, 0.29) is 30.7 Å². The minimum absolute atomic E-state index is 0.0354. The second-order valence-corrected chi connectivity index (χ2v) is 14.6. The van der Waals surface area contributed by atoms with Crippen LogP contribution in [-0.2, 0) is 39.2 Å². The van der Waals surface area contributed by atoms with Crippen molar-refractivity contribution < 1.29 is 24.2 Å². The quantitative estimate of drug-likeness (QED) is 0.180. The summed E-state index contributed by atoms with van der Waals surface area (Å²) in [6, 6.07) is 29.6. The number of nitrogens with one attached hydrogen (secondary N) is 1. The number of carboxylic acids is 1. The number of carbonyl (C=O) groups excluding carboxylic acids is 2. The van der Waals surface area contributed by atoms with Gasteiger partial charge in [-0.25, -0.2) is 4.79 Å². The van der Waals surface area contributed by atoms with Gasteiger partial charge in [0.05, 0.1) is 0 Å². The van der Waals surface area contributed by atoms with Gasteiger partial charge in [-0.1, -0.05) is 106 Å². The fraction of sp³-hybridized carbons (Fsp3) is 0.357. The van der Waals surface area contributed by atoms with Gasteiger partial charge in [-0.3, -0.25) is 9.59 Å². The van der Waals surface area contributed by atoms with Gasteiger partial charge in [0.2, 0.25) is 11.8 Å². The van der Waals surface area contributed by atoms with E-state index in [2.05, 4.69) is 38.2 Å². The lowest BCUT2D eigenvalue weighted by atomic mass is 9.87. The number of rotatable bonds is 10. The van der Waals surface area contributed by atoms with E-state index in [1.807, 2.05) is 84.9 Å². The fourth-order valence-corrected chi connectivity index (χ4v) is 7.02. The molecule has 0 saturated heterocycles. The molecule has 2 atom stereocenters. The number of carbonyl (C=O) groups is 3. The van der Waals surface area contributed by atoms with Gasteiger partial charge in [0, 0.05) is 25.8 Å². The van der Waals surface area contributed by atoms with Crippen LogP contribution in [0.2, 0.25) is 0 Å². The molecule has 1 saturated carbocycles. The average Bonchev–Trinajstić information content (AvgIpc) is 3.61. The highest BCUT2D eigenvalue weighted by atomic mass is 16.5. The summed E-state index contributed by atoms with van der Waals surface area (Å²) < 4.78 is 6.21. The number of benzene rings is 4. The third-order valence-electron chi connectivity index (χ3n) is 9.94. The van der Waals surface area contributed by atoms with Crippen molar-refractivity contribution in [2.24, 2.45) is 5.92 Å². The lowest BCUT2D eigenvalue weighted by Gasteiger charge is -2.37. The summed E-state index contributed by atoms with van der Waals surface area (Å²) in [6.45, 7) is 6.80. The number of hydrogen-bond donors (Lipinski definition) is 2. The minimum Gasteiger partial charge on any atom is -0.480 e. The fourth-order valence-electron chi connectivity index (χ4n) is 7.02. The first-order valence-electron chi connectivity index (χ1n) is 17.4. The van der Waals surface area contributed by atoms with E-state index in [0.717, 1.165) is 53.5 Å². The Morgan fingerprint density at radius 2 is 1.49 bits per heavy atom. The number of amides is 2. The summed E-state index contributed by atoms with van der Waals surface area (Å²) in [6.07, 6.45) is 5.10. The van der Waals surface area contributed by atoms with E-state index in [1.165, 1.54) is 5.56 Å². The third-order valence-corrected chi connectivity index (χ3v) is 9.94. The van der Waals surface area contributed by atoms with Crippen LogP contribution in [0.25, 0.3) is 11.1 Å². The molecule has 2 amide bonds. The molecule has 0 aromatic heterocycles. The molecule has 2 N–H and O–H groups in total. The van der Waals surface area contributed by atoms with Crippen LogP contribution in [0.15, 0.2) is 97.1 Å². The normalized spacial score (nSPS) is 16.9. The molecule has 2 aliphatic rings. The van der Waals surface area contributed by atoms with Crippen molar-refractivity contribution in [3.63, 3.8) is 0 Å². The van der Waals surface area contributed by atoms with E-state index in [9.17, 15) is 19.5 Å². The molecule has 4 aromatic carbocycles. The van der Waals surface area contributed by atoms with Crippen LogP contribution in [0.1, 0.15) is 75.1 Å². The highest BCUT2D eigenvalue weighted by Gasteiger charge is 2.37. The SMILES string of the molecule is CC(C)(C)c1ccc(Oc2ccc3c(c2)C[C@@H](C(=O)N[C@@H](Cc2ccc(-c4ccccc4)cc2)C(=O)O)N(C(=O)CC2CCCC2)C3)cc1.